The molecule has 0 saturated carbocycles. The van der Waals surface area contributed by atoms with Gasteiger partial charge in [0.25, 0.3) is 0 Å². The molecular formula is C18H28O2. The number of esters is 1. The van der Waals surface area contributed by atoms with Gasteiger partial charge in [0.15, 0.2) is 0 Å². The van der Waals surface area contributed by atoms with Gasteiger partial charge in [-0.2, -0.15) is 0 Å². The van der Waals surface area contributed by atoms with Gasteiger partial charge in [-0.15, -0.1) is 0 Å². The van der Waals surface area contributed by atoms with E-state index in [1.807, 2.05) is 0 Å². The molecular weight excluding hydrogens is 248 g/mol. The minimum absolute atomic E-state index is 0.0852. The molecule has 2 rings (SSSR count). The summed E-state index contributed by atoms with van der Waals surface area (Å²) in [5, 5.41) is 0. The summed E-state index contributed by atoms with van der Waals surface area (Å²) >= 11 is 0. The fourth-order valence-electron chi connectivity index (χ4n) is 3.79. The van der Waals surface area contributed by atoms with Crippen LogP contribution in [0.1, 0.15) is 52.4 Å². The summed E-state index contributed by atoms with van der Waals surface area (Å²) < 4.78 is 4.73. The first-order chi connectivity index (χ1) is 9.61. The summed E-state index contributed by atoms with van der Waals surface area (Å²) in [5.41, 5.74) is 1.57. The van der Waals surface area contributed by atoms with Crippen LogP contribution in [0.3, 0.4) is 0 Å². The third-order valence-corrected chi connectivity index (χ3v) is 5.21. The summed E-state index contributed by atoms with van der Waals surface area (Å²) in [6.07, 6.45) is 13.7. The van der Waals surface area contributed by atoms with Crippen molar-refractivity contribution in [2.75, 3.05) is 7.11 Å². The Hall–Kier alpha value is -1.05. The van der Waals surface area contributed by atoms with Gasteiger partial charge in [0.2, 0.25) is 0 Å². The second-order valence-electron chi connectivity index (χ2n) is 6.52. The molecule has 112 valence electrons. The highest BCUT2D eigenvalue weighted by molar-refractivity contribution is 5.69. The molecule has 2 nitrogen and oxygen atoms in total. The van der Waals surface area contributed by atoms with Crippen molar-refractivity contribution in [3.05, 3.63) is 23.8 Å². The highest BCUT2D eigenvalue weighted by Gasteiger charge is 2.31. The quantitative estimate of drug-likeness (QED) is 0.545. The second kappa shape index (κ2) is 7.10. The normalized spacial score (nSPS) is 30.9. The fraction of sp³-hybridized carbons (Fsp3) is 0.722. The molecule has 20 heavy (non-hydrogen) atoms. The Kier molecular flexibility index (Phi) is 5.45. The number of hydrogen-bond donors (Lipinski definition) is 0. The van der Waals surface area contributed by atoms with E-state index >= 15 is 0 Å². The molecule has 0 saturated heterocycles. The molecule has 0 amide bonds. The minimum Gasteiger partial charge on any atom is -0.469 e. The van der Waals surface area contributed by atoms with E-state index in [0.29, 0.717) is 12.3 Å². The molecule has 0 aromatic carbocycles. The van der Waals surface area contributed by atoms with Crippen LogP contribution in [0.25, 0.3) is 0 Å². The average Bonchev–Trinajstić information content (AvgIpc) is 2.94. The molecule has 0 N–H and O–H groups in total. The molecule has 0 bridgehead atoms. The van der Waals surface area contributed by atoms with E-state index < -0.39 is 0 Å². The zero-order valence-corrected chi connectivity index (χ0v) is 13.1. The van der Waals surface area contributed by atoms with Crippen molar-refractivity contribution >= 4 is 5.97 Å². The molecule has 2 aliphatic carbocycles. The summed E-state index contributed by atoms with van der Waals surface area (Å²) in [5.74, 6) is 2.84. The van der Waals surface area contributed by atoms with Gasteiger partial charge >= 0.3 is 5.97 Å². The van der Waals surface area contributed by atoms with E-state index in [1.54, 1.807) is 5.57 Å². The number of methoxy groups -OCH3 is 1. The summed E-state index contributed by atoms with van der Waals surface area (Å²) in [7, 11) is 1.47. The van der Waals surface area contributed by atoms with Crippen LogP contribution >= 0.6 is 0 Å². The first-order valence-electron chi connectivity index (χ1n) is 8.04. The van der Waals surface area contributed by atoms with Gasteiger partial charge in [0.1, 0.15) is 0 Å². The van der Waals surface area contributed by atoms with E-state index in [9.17, 15) is 4.79 Å². The highest BCUT2D eigenvalue weighted by atomic mass is 16.5. The Bertz CT molecular complexity index is 394. The smallest absolute Gasteiger partial charge is 0.305 e. The van der Waals surface area contributed by atoms with Crippen molar-refractivity contribution in [1.29, 1.82) is 0 Å². The van der Waals surface area contributed by atoms with Crippen LogP contribution in [0.4, 0.5) is 0 Å². The van der Waals surface area contributed by atoms with Gasteiger partial charge in [-0.1, -0.05) is 37.6 Å². The van der Waals surface area contributed by atoms with E-state index in [0.717, 1.165) is 24.2 Å². The van der Waals surface area contributed by atoms with Crippen LogP contribution in [0, 0.1) is 23.7 Å². The van der Waals surface area contributed by atoms with E-state index in [-0.39, 0.29) is 5.97 Å². The number of carbonyl (C=O) groups excluding carboxylic acids is 1. The Morgan fingerprint density at radius 3 is 3.00 bits per heavy atom. The Labute approximate surface area is 123 Å². The summed E-state index contributed by atoms with van der Waals surface area (Å²) in [6.45, 7) is 4.61. The molecule has 0 aromatic rings. The van der Waals surface area contributed by atoms with Gasteiger partial charge in [-0.05, 0) is 55.8 Å². The lowest BCUT2D eigenvalue weighted by Crippen LogP contribution is -2.21. The topological polar surface area (TPSA) is 26.3 Å². The van der Waals surface area contributed by atoms with Crippen LogP contribution in [-0.2, 0) is 9.53 Å². The first-order valence-corrected chi connectivity index (χ1v) is 8.04. The minimum atomic E-state index is -0.0852. The first kappa shape index (κ1) is 15.3. The van der Waals surface area contributed by atoms with Gasteiger partial charge in [-0.25, -0.2) is 0 Å². The summed E-state index contributed by atoms with van der Waals surface area (Å²) in [6, 6.07) is 0. The number of ether oxygens (including phenoxy) is 1. The molecule has 0 aliphatic heterocycles. The zero-order valence-electron chi connectivity index (χ0n) is 13.1. The van der Waals surface area contributed by atoms with Crippen LogP contribution in [0.5, 0.6) is 0 Å². The maximum absolute atomic E-state index is 11.2. The molecule has 0 aromatic heterocycles. The van der Waals surface area contributed by atoms with Crippen molar-refractivity contribution in [3.8, 4) is 0 Å². The van der Waals surface area contributed by atoms with Crippen LogP contribution in [-0.4, -0.2) is 13.1 Å². The van der Waals surface area contributed by atoms with Crippen molar-refractivity contribution in [2.45, 2.75) is 52.4 Å². The Morgan fingerprint density at radius 2 is 2.30 bits per heavy atom. The van der Waals surface area contributed by atoms with Crippen LogP contribution in [0.2, 0.25) is 0 Å². The monoisotopic (exact) mass is 276 g/mol. The number of allylic oxidation sites excluding steroid dienone is 4. The Morgan fingerprint density at radius 1 is 1.50 bits per heavy atom. The fourth-order valence-corrected chi connectivity index (χ4v) is 3.79. The maximum atomic E-state index is 11.2. The van der Waals surface area contributed by atoms with Gasteiger partial charge in [0, 0.05) is 6.42 Å². The van der Waals surface area contributed by atoms with E-state index in [2.05, 4.69) is 32.1 Å². The predicted molar refractivity (Wildman–Crippen MR) is 82.2 cm³/mol. The van der Waals surface area contributed by atoms with Crippen LogP contribution < -0.4 is 0 Å². The van der Waals surface area contributed by atoms with Crippen molar-refractivity contribution < 1.29 is 9.53 Å². The lowest BCUT2D eigenvalue weighted by atomic mass is 9.74. The van der Waals surface area contributed by atoms with Gasteiger partial charge < -0.3 is 4.74 Å². The van der Waals surface area contributed by atoms with Crippen LogP contribution in [0.15, 0.2) is 23.8 Å². The predicted octanol–water partition coefficient (Wildman–Crippen LogP) is 4.51. The largest absolute Gasteiger partial charge is 0.469 e. The molecule has 2 heteroatoms. The van der Waals surface area contributed by atoms with E-state index in [4.69, 9.17) is 4.74 Å². The third kappa shape index (κ3) is 3.74. The number of rotatable bonds is 5. The Balaban J connectivity index is 1.82. The molecule has 4 atom stereocenters. The average molecular weight is 276 g/mol. The summed E-state index contributed by atoms with van der Waals surface area (Å²) in [4.78, 5) is 11.2. The maximum Gasteiger partial charge on any atom is 0.305 e. The highest BCUT2D eigenvalue weighted by Crippen LogP contribution is 2.42. The van der Waals surface area contributed by atoms with Crippen molar-refractivity contribution in [3.63, 3.8) is 0 Å². The standard InChI is InChI=1S/C18H28O2/c1-13(8-11-18(19)20-3)15-9-10-16(12-15)17-7-5-4-6-14(17)2/h4,6,9,13-14,16-17H,5,7-8,10-12H2,1-3H3. The molecule has 0 spiro atoms. The lowest BCUT2D eigenvalue weighted by molar-refractivity contribution is -0.140. The zero-order chi connectivity index (χ0) is 14.5. The molecule has 4 unspecified atom stereocenters. The molecule has 0 radical (unpaired) electrons. The van der Waals surface area contributed by atoms with Gasteiger partial charge in [0.05, 0.1) is 7.11 Å². The number of carbonyl (C=O) groups is 1. The van der Waals surface area contributed by atoms with Crippen molar-refractivity contribution in [1.82, 2.24) is 0 Å². The second-order valence-corrected chi connectivity index (χ2v) is 6.52. The van der Waals surface area contributed by atoms with E-state index in [1.165, 1.54) is 32.8 Å². The SMILES string of the molecule is COC(=O)CCC(C)C1=CCC(C2CCC=CC2C)C1. The van der Waals surface area contributed by atoms with Gasteiger partial charge in [-0.3, -0.25) is 4.79 Å². The van der Waals surface area contributed by atoms with Crippen molar-refractivity contribution in [2.24, 2.45) is 23.7 Å². The lowest BCUT2D eigenvalue weighted by Gasteiger charge is -2.30. The molecule has 0 fully saturated rings. The molecule has 2 aliphatic rings. The number of hydrogen-bond acceptors (Lipinski definition) is 2. The third-order valence-electron chi connectivity index (χ3n) is 5.21. The molecule has 0 heterocycles.